The Hall–Kier alpha value is -0.120. The third-order valence-electron chi connectivity index (χ3n) is 3.63. The van der Waals surface area contributed by atoms with Crippen LogP contribution in [0, 0.1) is 0 Å². The minimum atomic E-state index is 0.270. The maximum absolute atomic E-state index is 9.08. The van der Waals surface area contributed by atoms with Gasteiger partial charge in [-0.15, -0.1) is 0 Å². The van der Waals surface area contributed by atoms with E-state index < -0.39 is 0 Å². The predicted molar refractivity (Wildman–Crippen MR) is 82.5 cm³/mol. The first-order valence-electron chi connectivity index (χ1n) is 8.29. The van der Waals surface area contributed by atoms with Crippen molar-refractivity contribution in [2.45, 2.75) is 71.1 Å². The molecule has 0 spiro atoms. The molecule has 0 radical (unpaired) electrons. The normalized spacial score (nSPS) is 11.4. The minimum absolute atomic E-state index is 0.270. The summed E-state index contributed by atoms with van der Waals surface area (Å²) < 4.78 is 0. The van der Waals surface area contributed by atoms with Crippen molar-refractivity contribution in [2.75, 3.05) is 32.8 Å². The first-order chi connectivity index (χ1) is 9.35. The van der Waals surface area contributed by atoms with Gasteiger partial charge >= 0.3 is 0 Å². The van der Waals surface area contributed by atoms with E-state index in [1.165, 1.54) is 51.4 Å². The van der Waals surface area contributed by atoms with Crippen molar-refractivity contribution < 1.29 is 10.2 Å². The zero-order valence-electron chi connectivity index (χ0n) is 12.9. The van der Waals surface area contributed by atoms with Crippen LogP contribution in [0.4, 0.5) is 0 Å². The molecule has 0 saturated carbocycles. The molecule has 0 amide bonds. The van der Waals surface area contributed by atoms with E-state index in [4.69, 9.17) is 10.2 Å². The van der Waals surface area contributed by atoms with Gasteiger partial charge in [0.05, 0.1) is 6.61 Å². The maximum Gasteiger partial charge on any atom is 0.0558 e. The van der Waals surface area contributed by atoms with Crippen LogP contribution >= 0.6 is 0 Å². The molecular weight excluding hydrogens is 238 g/mol. The predicted octanol–water partition coefficient (Wildman–Crippen LogP) is 3.19. The average Bonchev–Trinajstić information content (AvgIpc) is 2.42. The Kier molecular flexibility index (Phi) is 15.8. The molecule has 0 aromatic carbocycles. The van der Waals surface area contributed by atoms with Crippen molar-refractivity contribution >= 4 is 0 Å². The lowest BCUT2D eigenvalue weighted by Gasteiger charge is -2.21. The Morgan fingerprint density at radius 3 is 1.63 bits per heavy atom. The number of hydrogen-bond donors (Lipinski definition) is 2. The van der Waals surface area contributed by atoms with Crippen LogP contribution in [0.3, 0.4) is 0 Å². The number of unbranched alkanes of at least 4 members (excludes halogenated alkanes) is 8. The van der Waals surface area contributed by atoms with Gasteiger partial charge in [0, 0.05) is 13.2 Å². The molecule has 0 aliphatic rings. The number of rotatable bonds is 15. The molecule has 0 aliphatic heterocycles. The third kappa shape index (κ3) is 14.1. The summed E-state index contributed by atoms with van der Waals surface area (Å²) in [5.41, 5.74) is 0. The summed E-state index contributed by atoms with van der Waals surface area (Å²) in [5, 5.41) is 17.8. The van der Waals surface area contributed by atoms with Crippen LogP contribution in [0.25, 0.3) is 0 Å². The second-order valence-corrected chi connectivity index (χ2v) is 5.47. The monoisotopic (exact) mass is 273 g/mol. The number of aliphatic hydroxyl groups is 2. The van der Waals surface area contributed by atoms with Gasteiger partial charge in [0.25, 0.3) is 0 Å². The van der Waals surface area contributed by atoms with E-state index in [2.05, 4.69) is 11.8 Å². The molecule has 3 nitrogen and oxygen atoms in total. The summed E-state index contributed by atoms with van der Waals surface area (Å²) in [6.07, 6.45) is 12.4. The van der Waals surface area contributed by atoms with Gasteiger partial charge in [0.1, 0.15) is 0 Å². The standard InChI is InChI=1S/C16H35NO2/c1-2-3-4-5-6-9-12-17(14-16-19)13-10-7-8-11-15-18/h18-19H,2-16H2,1H3. The molecule has 0 unspecified atom stereocenters. The summed E-state index contributed by atoms with van der Waals surface area (Å²) in [5.74, 6) is 0. The van der Waals surface area contributed by atoms with E-state index >= 15 is 0 Å². The van der Waals surface area contributed by atoms with Crippen molar-refractivity contribution in [1.29, 1.82) is 0 Å². The van der Waals surface area contributed by atoms with Crippen LogP contribution in [0.5, 0.6) is 0 Å². The molecule has 0 bridgehead atoms. The molecule has 0 aliphatic carbocycles. The SMILES string of the molecule is CCCCCCCCN(CCO)CCCCCCO. The summed E-state index contributed by atoms with van der Waals surface area (Å²) in [6, 6.07) is 0. The van der Waals surface area contributed by atoms with Gasteiger partial charge < -0.3 is 15.1 Å². The molecule has 0 heterocycles. The fourth-order valence-corrected chi connectivity index (χ4v) is 2.39. The lowest BCUT2D eigenvalue weighted by atomic mass is 10.1. The maximum atomic E-state index is 9.08. The Morgan fingerprint density at radius 1 is 0.579 bits per heavy atom. The summed E-state index contributed by atoms with van der Waals surface area (Å²) in [4.78, 5) is 2.39. The Balaban J connectivity index is 3.45. The van der Waals surface area contributed by atoms with Gasteiger partial charge in [-0.25, -0.2) is 0 Å². The fraction of sp³-hybridized carbons (Fsp3) is 1.00. The molecule has 0 fully saturated rings. The second kappa shape index (κ2) is 15.9. The largest absolute Gasteiger partial charge is 0.396 e. The van der Waals surface area contributed by atoms with Gasteiger partial charge in [0.15, 0.2) is 0 Å². The molecule has 0 aromatic rings. The number of nitrogens with zero attached hydrogens (tertiary/aromatic N) is 1. The van der Waals surface area contributed by atoms with Gasteiger partial charge in [-0.05, 0) is 32.4 Å². The quantitative estimate of drug-likeness (QED) is 0.450. The first-order valence-corrected chi connectivity index (χ1v) is 8.29. The summed E-state index contributed by atoms with van der Waals surface area (Å²) >= 11 is 0. The fourth-order valence-electron chi connectivity index (χ4n) is 2.39. The van der Waals surface area contributed by atoms with Crippen molar-refractivity contribution in [3.8, 4) is 0 Å². The molecular formula is C16H35NO2. The highest BCUT2D eigenvalue weighted by molar-refractivity contribution is 4.58. The van der Waals surface area contributed by atoms with Crippen molar-refractivity contribution in [3.05, 3.63) is 0 Å². The molecule has 3 heteroatoms. The van der Waals surface area contributed by atoms with Crippen LogP contribution < -0.4 is 0 Å². The average molecular weight is 273 g/mol. The van der Waals surface area contributed by atoms with E-state index in [-0.39, 0.29) is 6.61 Å². The lowest BCUT2D eigenvalue weighted by Crippen LogP contribution is -2.29. The molecule has 0 saturated heterocycles. The van der Waals surface area contributed by atoms with Gasteiger partial charge in [-0.2, -0.15) is 0 Å². The van der Waals surface area contributed by atoms with E-state index in [9.17, 15) is 0 Å². The van der Waals surface area contributed by atoms with Gasteiger partial charge in [-0.3, -0.25) is 0 Å². The molecule has 116 valence electrons. The van der Waals surface area contributed by atoms with E-state index in [1.54, 1.807) is 0 Å². The molecule has 0 aromatic heterocycles. The van der Waals surface area contributed by atoms with Crippen LogP contribution in [0.2, 0.25) is 0 Å². The smallest absolute Gasteiger partial charge is 0.0558 e. The zero-order valence-corrected chi connectivity index (χ0v) is 12.9. The second-order valence-electron chi connectivity index (χ2n) is 5.47. The first kappa shape index (κ1) is 18.9. The minimum Gasteiger partial charge on any atom is -0.396 e. The molecule has 2 N–H and O–H groups in total. The molecule has 19 heavy (non-hydrogen) atoms. The highest BCUT2D eigenvalue weighted by Crippen LogP contribution is 2.07. The Morgan fingerprint density at radius 2 is 1.11 bits per heavy atom. The highest BCUT2D eigenvalue weighted by Gasteiger charge is 2.03. The number of aliphatic hydroxyl groups excluding tert-OH is 2. The van der Waals surface area contributed by atoms with E-state index in [0.29, 0.717) is 6.61 Å². The zero-order chi connectivity index (χ0) is 14.2. The van der Waals surface area contributed by atoms with E-state index in [0.717, 1.165) is 32.5 Å². The molecule has 0 rings (SSSR count). The topological polar surface area (TPSA) is 43.7 Å². The third-order valence-corrected chi connectivity index (χ3v) is 3.63. The van der Waals surface area contributed by atoms with Crippen LogP contribution in [-0.2, 0) is 0 Å². The van der Waals surface area contributed by atoms with Gasteiger partial charge in [0.2, 0.25) is 0 Å². The highest BCUT2D eigenvalue weighted by atomic mass is 16.3. The van der Waals surface area contributed by atoms with Crippen molar-refractivity contribution in [2.24, 2.45) is 0 Å². The van der Waals surface area contributed by atoms with E-state index in [1.807, 2.05) is 0 Å². The van der Waals surface area contributed by atoms with Crippen molar-refractivity contribution in [1.82, 2.24) is 4.90 Å². The van der Waals surface area contributed by atoms with Crippen LogP contribution in [0.1, 0.15) is 71.1 Å². The van der Waals surface area contributed by atoms with Crippen LogP contribution in [0.15, 0.2) is 0 Å². The summed E-state index contributed by atoms with van der Waals surface area (Å²) in [7, 11) is 0. The van der Waals surface area contributed by atoms with Crippen molar-refractivity contribution in [3.63, 3.8) is 0 Å². The number of hydrogen-bond acceptors (Lipinski definition) is 3. The van der Waals surface area contributed by atoms with Crippen LogP contribution in [-0.4, -0.2) is 48.0 Å². The molecule has 0 atom stereocenters. The van der Waals surface area contributed by atoms with Gasteiger partial charge in [-0.1, -0.05) is 51.9 Å². The summed E-state index contributed by atoms with van der Waals surface area (Å²) in [6.45, 7) is 5.88. The lowest BCUT2D eigenvalue weighted by molar-refractivity contribution is 0.189. The Bertz CT molecular complexity index is 165. The Labute approximate surface area is 120 Å².